The summed E-state index contributed by atoms with van der Waals surface area (Å²) in [4.78, 5) is 32.7. The topological polar surface area (TPSA) is 75.3 Å². The summed E-state index contributed by atoms with van der Waals surface area (Å²) >= 11 is 0. The van der Waals surface area contributed by atoms with Crippen molar-refractivity contribution in [2.45, 2.75) is 13.8 Å². The van der Waals surface area contributed by atoms with Gasteiger partial charge in [0.05, 0.1) is 0 Å². The van der Waals surface area contributed by atoms with E-state index in [-0.39, 0.29) is 36.9 Å². The number of hydrogen-bond acceptors (Lipinski definition) is 3. The molecular formula is C7H11N2NaO3. The van der Waals surface area contributed by atoms with E-state index in [1.807, 2.05) is 10.6 Å². The fourth-order valence-electron chi connectivity index (χ4n) is 1.14. The van der Waals surface area contributed by atoms with E-state index in [2.05, 4.69) is 0 Å². The summed E-state index contributed by atoms with van der Waals surface area (Å²) < 4.78 is 0. The van der Waals surface area contributed by atoms with Crippen molar-refractivity contribution in [1.29, 1.82) is 0 Å². The van der Waals surface area contributed by atoms with Gasteiger partial charge in [-0.3, -0.25) is 20.2 Å². The van der Waals surface area contributed by atoms with E-state index in [4.69, 9.17) is 0 Å². The molecule has 1 heterocycles. The third-order valence-electron chi connectivity index (χ3n) is 1.71. The molecule has 1 saturated heterocycles. The Labute approximate surface area is 99.4 Å². The van der Waals surface area contributed by atoms with Crippen LogP contribution in [0.25, 0.3) is 0 Å². The molecule has 0 spiro atoms. The Morgan fingerprint density at radius 1 is 1.15 bits per heavy atom. The van der Waals surface area contributed by atoms with Gasteiger partial charge in [-0.2, -0.15) is 0 Å². The van der Waals surface area contributed by atoms with Gasteiger partial charge in [-0.15, -0.1) is 0 Å². The summed E-state index contributed by atoms with van der Waals surface area (Å²) in [6.45, 7) is 3.50. The number of carbonyl (C=O) groups excluding carboxylic acids is 3. The Morgan fingerprint density at radius 2 is 1.54 bits per heavy atom. The molecular weight excluding hydrogens is 183 g/mol. The van der Waals surface area contributed by atoms with Crippen molar-refractivity contribution in [2.75, 3.05) is 0 Å². The minimum atomic E-state index is -0.748. The zero-order valence-corrected chi connectivity index (χ0v) is 9.88. The molecule has 13 heavy (non-hydrogen) atoms. The van der Waals surface area contributed by atoms with Gasteiger partial charge in [-0.05, 0) is 5.92 Å². The van der Waals surface area contributed by atoms with Crippen molar-refractivity contribution < 1.29 is 45.4 Å². The van der Waals surface area contributed by atoms with Gasteiger partial charge in [-0.25, -0.2) is 4.79 Å². The van der Waals surface area contributed by atoms with Crippen molar-refractivity contribution in [3.05, 3.63) is 0 Å². The molecule has 0 radical (unpaired) electrons. The van der Waals surface area contributed by atoms with Gasteiger partial charge < -0.3 is 1.43 Å². The van der Waals surface area contributed by atoms with Crippen molar-refractivity contribution >= 4 is 17.8 Å². The number of nitrogens with one attached hydrogen (secondary N) is 2. The van der Waals surface area contributed by atoms with Crippen LogP contribution in [0, 0.1) is 11.8 Å². The summed E-state index contributed by atoms with van der Waals surface area (Å²) in [6.07, 6.45) is 0. The zero-order valence-electron chi connectivity index (χ0n) is 8.88. The quantitative estimate of drug-likeness (QED) is 0.340. The molecule has 0 saturated carbocycles. The molecule has 0 atom stereocenters. The van der Waals surface area contributed by atoms with Crippen LogP contribution in [0.1, 0.15) is 15.3 Å². The summed E-state index contributed by atoms with van der Waals surface area (Å²) in [5, 5.41) is 4.06. The first-order valence-corrected chi connectivity index (χ1v) is 3.68. The smallest absolute Gasteiger partial charge is 1.00 e. The first kappa shape index (κ1) is 12.6. The largest absolute Gasteiger partial charge is 1.00 e. The van der Waals surface area contributed by atoms with Gasteiger partial charge >= 0.3 is 35.6 Å². The molecule has 0 aliphatic carbocycles. The molecule has 1 aliphatic rings. The molecule has 6 heteroatoms. The average Bonchev–Trinajstić information content (AvgIpc) is 1.82. The Balaban J connectivity index is 0. The number of carbonyl (C=O) groups is 3. The van der Waals surface area contributed by atoms with Crippen LogP contribution in [0.3, 0.4) is 0 Å². The fourth-order valence-corrected chi connectivity index (χ4v) is 1.14. The van der Waals surface area contributed by atoms with Crippen LogP contribution in [0.2, 0.25) is 0 Å². The molecule has 4 amide bonds. The Kier molecular flexibility index (Phi) is 4.60. The average molecular weight is 194 g/mol. The van der Waals surface area contributed by atoms with Crippen molar-refractivity contribution in [3.63, 3.8) is 0 Å². The molecule has 0 bridgehead atoms. The second-order valence-corrected chi connectivity index (χ2v) is 3.03. The normalized spacial score (nSPS) is 17.9. The van der Waals surface area contributed by atoms with Crippen LogP contribution in [0.5, 0.6) is 0 Å². The SMILES string of the molecule is CC(C)C1C(=O)NC(=O)NC1=O.[H-].[Na+]. The van der Waals surface area contributed by atoms with Crippen LogP contribution < -0.4 is 40.2 Å². The standard InChI is InChI=1S/C7H10N2O3.Na.H/c1-3(2)4-5(10)8-7(12)9-6(4)11;;/h3-4H,1-2H3,(H2,8,9,10,11,12);;/q;+1;-1. The first-order chi connectivity index (χ1) is 5.52. The fraction of sp³-hybridized carbons (Fsp3) is 0.571. The Hall–Kier alpha value is -0.390. The number of amides is 4. The molecule has 68 valence electrons. The maximum absolute atomic E-state index is 11.1. The maximum Gasteiger partial charge on any atom is 1.00 e. The Morgan fingerprint density at radius 3 is 1.85 bits per heavy atom. The third kappa shape index (κ3) is 2.79. The molecule has 0 unspecified atom stereocenters. The van der Waals surface area contributed by atoms with Crippen LogP contribution in [0.4, 0.5) is 4.79 Å². The second-order valence-electron chi connectivity index (χ2n) is 3.03. The summed E-state index contributed by atoms with van der Waals surface area (Å²) in [6, 6.07) is -0.734. The van der Waals surface area contributed by atoms with E-state index in [1.54, 1.807) is 13.8 Å². The van der Waals surface area contributed by atoms with Gasteiger partial charge in [0.15, 0.2) is 0 Å². The van der Waals surface area contributed by atoms with Crippen LogP contribution in [-0.4, -0.2) is 17.8 Å². The molecule has 0 aromatic heterocycles. The van der Waals surface area contributed by atoms with Gasteiger partial charge in [0.1, 0.15) is 5.92 Å². The number of hydrogen-bond donors (Lipinski definition) is 2. The zero-order chi connectivity index (χ0) is 9.30. The third-order valence-corrected chi connectivity index (χ3v) is 1.71. The summed E-state index contributed by atoms with van der Waals surface area (Å²) in [5.74, 6) is -1.88. The van der Waals surface area contributed by atoms with Gasteiger partial charge in [-0.1, -0.05) is 13.8 Å². The molecule has 0 aromatic rings. The maximum atomic E-state index is 11.1. The second kappa shape index (κ2) is 4.74. The Bertz CT molecular complexity index is 237. The molecule has 0 aromatic carbocycles. The van der Waals surface area contributed by atoms with Crippen LogP contribution in [0.15, 0.2) is 0 Å². The van der Waals surface area contributed by atoms with E-state index in [1.165, 1.54) is 0 Å². The number of barbiturate groups is 1. The van der Waals surface area contributed by atoms with Gasteiger partial charge in [0.25, 0.3) is 0 Å². The van der Waals surface area contributed by atoms with Gasteiger partial charge in [0, 0.05) is 0 Å². The van der Waals surface area contributed by atoms with E-state index in [0.29, 0.717) is 0 Å². The van der Waals surface area contributed by atoms with Crippen LogP contribution in [-0.2, 0) is 9.59 Å². The van der Waals surface area contributed by atoms with E-state index in [9.17, 15) is 14.4 Å². The number of imide groups is 2. The minimum absolute atomic E-state index is 0. The molecule has 1 rings (SSSR count). The molecule has 2 N–H and O–H groups in total. The predicted molar refractivity (Wildman–Crippen MR) is 41.1 cm³/mol. The monoisotopic (exact) mass is 194 g/mol. The summed E-state index contributed by atoms with van der Waals surface area (Å²) in [5.41, 5.74) is 0. The summed E-state index contributed by atoms with van der Waals surface area (Å²) in [7, 11) is 0. The minimum Gasteiger partial charge on any atom is -1.00 e. The molecule has 5 nitrogen and oxygen atoms in total. The van der Waals surface area contributed by atoms with Crippen molar-refractivity contribution in [3.8, 4) is 0 Å². The predicted octanol–water partition coefficient (Wildman–Crippen LogP) is -3.26. The van der Waals surface area contributed by atoms with Crippen molar-refractivity contribution in [1.82, 2.24) is 10.6 Å². The number of rotatable bonds is 1. The van der Waals surface area contributed by atoms with Crippen molar-refractivity contribution in [2.24, 2.45) is 11.8 Å². The molecule has 1 aliphatic heterocycles. The molecule has 1 fully saturated rings. The first-order valence-electron chi connectivity index (χ1n) is 3.68. The van der Waals surface area contributed by atoms with Crippen LogP contribution >= 0.6 is 0 Å². The number of urea groups is 1. The van der Waals surface area contributed by atoms with Gasteiger partial charge in [0.2, 0.25) is 11.8 Å². The van der Waals surface area contributed by atoms with E-state index < -0.39 is 23.8 Å². The van der Waals surface area contributed by atoms with E-state index in [0.717, 1.165) is 0 Å². The van der Waals surface area contributed by atoms with E-state index >= 15 is 0 Å².